The van der Waals surface area contributed by atoms with Crippen molar-refractivity contribution in [2.75, 3.05) is 6.61 Å². The summed E-state index contributed by atoms with van der Waals surface area (Å²) in [6.45, 7) is 1.81. The molecule has 0 aliphatic heterocycles. The number of hydrogen-bond donors (Lipinski definition) is 2. The van der Waals surface area contributed by atoms with E-state index in [1.54, 1.807) is 6.92 Å². The van der Waals surface area contributed by atoms with Gasteiger partial charge in [0.25, 0.3) is 0 Å². The number of carbonyl (C=O) groups excluding carboxylic acids is 1. The summed E-state index contributed by atoms with van der Waals surface area (Å²) in [5.41, 5.74) is -1.42. The van der Waals surface area contributed by atoms with Crippen LogP contribution in [0.3, 0.4) is 0 Å². The summed E-state index contributed by atoms with van der Waals surface area (Å²) in [6.07, 6.45) is 5.85. The van der Waals surface area contributed by atoms with Gasteiger partial charge in [-0.05, 0) is 31.9 Å². The van der Waals surface area contributed by atoms with Gasteiger partial charge in [0.2, 0.25) is 0 Å². The molecule has 2 N–H and O–H groups in total. The number of hydrogen-bond acceptors (Lipinski definition) is 4. The summed E-state index contributed by atoms with van der Waals surface area (Å²) in [7, 11) is 0. The number of aromatic carboxylic acids is 1. The molecule has 0 saturated heterocycles. The second kappa shape index (κ2) is 10.8. The molecule has 1 rings (SSSR count). The Kier molecular flexibility index (Phi) is 6.35. The molecule has 0 amide bonds. The van der Waals surface area contributed by atoms with Gasteiger partial charge in [0.1, 0.15) is 0 Å². The molecule has 0 aliphatic carbocycles. The summed E-state index contributed by atoms with van der Waals surface area (Å²) < 4.78 is 35.6. The number of unbranched alkanes of at least 4 members (excludes halogenated alkanes) is 5. The molecule has 0 saturated carbocycles. The minimum atomic E-state index is -1.61. The van der Waals surface area contributed by atoms with Gasteiger partial charge in [-0.25, -0.2) is 9.59 Å². The van der Waals surface area contributed by atoms with Crippen molar-refractivity contribution in [3.05, 3.63) is 35.3 Å². The average Bonchev–Trinajstić information content (AvgIpc) is 2.60. The Balaban J connectivity index is 2.55. The number of rotatable bonds is 11. The topological polar surface area (TPSA) is 83.8 Å². The average molecular weight is 326 g/mol. The molecule has 0 radical (unpaired) electrons. The monoisotopic (exact) mass is 326 g/mol. The van der Waals surface area contributed by atoms with Crippen LogP contribution < -0.4 is 0 Å². The maximum atomic E-state index is 12.2. The van der Waals surface area contributed by atoms with Crippen LogP contribution >= 0.6 is 0 Å². The lowest BCUT2D eigenvalue weighted by Crippen LogP contribution is -2.12. The van der Waals surface area contributed by atoms with Crippen molar-refractivity contribution in [2.24, 2.45) is 0 Å². The van der Waals surface area contributed by atoms with Crippen molar-refractivity contribution in [3.8, 4) is 0 Å². The quantitative estimate of drug-likeness (QED) is 0.479. The lowest BCUT2D eigenvalue weighted by atomic mass is 10.1. The Hall–Kier alpha value is -1.88. The molecule has 0 fully saturated rings. The zero-order chi connectivity index (χ0) is 20.6. The van der Waals surface area contributed by atoms with Crippen LogP contribution in [0.25, 0.3) is 0 Å². The van der Waals surface area contributed by atoms with Gasteiger partial charge in [0.05, 0.1) is 29.3 Å². The van der Waals surface area contributed by atoms with Crippen LogP contribution in [0, 0.1) is 0 Å². The van der Waals surface area contributed by atoms with Crippen molar-refractivity contribution < 1.29 is 30.0 Å². The van der Waals surface area contributed by atoms with Gasteiger partial charge in [0.15, 0.2) is 0 Å². The molecule has 1 atom stereocenters. The van der Waals surface area contributed by atoms with E-state index >= 15 is 0 Å². The van der Waals surface area contributed by atoms with Crippen molar-refractivity contribution >= 4 is 11.9 Å². The summed E-state index contributed by atoms with van der Waals surface area (Å²) in [6, 6.07) is -2.86. The first kappa shape index (κ1) is 13.5. The van der Waals surface area contributed by atoms with Crippen molar-refractivity contribution in [3.63, 3.8) is 0 Å². The van der Waals surface area contributed by atoms with E-state index in [2.05, 4.69) is 0 Å². The number of aliphatic hydroxyl groups excluding tert-OH is 1. The zero-order valence-electron chi connectivity index (χ0n) is 17.4. The molecule has 5 heteroatoms. The van der Waals surface area contributed by atoms with Crippen LogP contribution in [0.4, 0.5) is 0 Å². The molecule has 5 nitrogen and oxygen atoms in total. The fourth-order valence-electron chi connectivity index (χ4n) is 2.11. The summed E-state index contributed by atoms with van der Waals surface area (Å²) in [5.74, 6) is -2.66. The number of benzene rings is 1. The predicted octanol–water partition coefficient (Wildman–Crippen LogP) is 3.65. The largest absolute Gasteiger partial charge is 0.478 e. The van der Waals surface area contributed by atoms with Crippen molar-refractivity contribution in [1.29, 1.82) is 0 Å². The van der Waals surface area contributed by atoms with E-state index in [9.17, 15) is 14.7 Å². The molecule has 0 aromatic heterocycles. The first-order chi connectivity index (χ1) is 12.7. The van der Waals surface area contributed by atoms with Gasteiger partial charge in [-0.3, -0.25) is 0 Å². The first-order valence-corrected chi connectivity index (χ1v) is 7.87. The van der Waals surface area contributed by atoms with E-state index in [1.807, 2.05) is 0 Å². The van der Waals surface area contributed by atoms with Crippen LogP contribution in [-0.4, -0.2) is 34.9 Å². The lowest BCUT2D eigenvalue weighted by molar-refractivity contribution is 0.0487. The molecule has 0 bridgehead atoms. The first-order valence-electron chi connectivity index (χ1n) is 9.87. The highest BCUT2D eigenvalue weighted by Crippen LogP contribution is 2.12. The third kappa shape index (κ3) is 7.79. The van der Waals surface area contributed by atoms with Gasteiger partial charge >= 0.3 is 11.9 Å². The highest BCUT2D eigenvalue weighted by molar-refractivity contribution is 6.02. The minimum absolute atomic E-state index is 0.0499. The van der Waals surface area contributed by atoms with Crippen LogP contribution in [0.15, 0.2) is 24.2 Å². The summed E-state index contributed by atoms with van der Waals surface area (Å²) in [5, 5.41) is 18.4. The van der Waals surface area contributed by atoms with Gasteiger partial charge in [-0.2, -0.15) is 0 Å². The van der Waals surface area contributed by atoms with E-state index in [0.29, 0.717) is 6.42 Å². The molecule has 1 aromatic carbocycles. The van der Waals surface area contributed by atoms with Crippen molar-refractivity contribution in [1.82, 2.24) is 0 Å². The third-order valence-electron chi connectivity index (χ3n) is 3.35. The molecule has 0 aliphatic rings. The van der Waals surface area contributed by atoms with Gasteiger partial charge in [0, 0.05) is 0 Å². The minimum Gasteiger partial charge on any atom is -0.478 e. The van der Waals surface area contributed by atoms with Crippen LogP contribution in [-0.2, 0) is 4.74 Å². The van der Waals surface area contributed by atoms with Crippen LogP contribution in [0.5, 0.6) is 0 Å². The molecule has 0 spiro atoms. The number of ether oxygens (including phenoxy) is 1. The smallest absolute Gasteiger partial charge is 0.339 e. The molecular formula is C18H26O5. The number of carboxylic acids is 1. The Bertz CT molecular complexity index is 676. The van der Waals surface area contributed by atoms with E-state index in [0.717, 1.165) is 38.5 Å². The molecule has 0 heterocycles. The normalized spacial score (nSPS) is 14.3. The fourth-order valence-corrected chi connectivity index (χ4v) is 2.11. The number of carbonyl (C=O) groups is 2. The van der Waals surface area contributed by atoms with Gasteiger partial charge in [-0.1, -0.05) is 44.2 Å². The van der Waals surface area contributed by atoms with Crippen LogP contribution in [0.2, 0.25) is 0 Å². The number of aliphatic hydroxyl groups is 1. The Morgan fingerprint density at radius 2 is 1.65 bits per heavy atom. The van der Waals surface area contributed by atoms with E-state index in [4.69, 9.17) is 15.3 Å². The number of carboxylic acid groups (broad SMARTS) is 1. The second-order valence-electron chi connectivity index (χ2n) is 5.45. The van der Waals surface area contributed by atoms with Crippen LogP contribution in [0.1, 0.15) is 78.1 Å². The maximum Gasteiger partial charge on any atom is 0.339 e. The highest BCUT2D eigenvalue weighted by atomic mass is 16.5. The summed E-state index contributed by atoms with van der Waals surface area (Å²) in [4.78, 5) is 23.5. The summed E-state index contributed by atoms with van der Waals surface area (Å²) >= 11 is 0. The lowest BCUT2D eigenvalue weighted by Gasteiger charge is -2.07. The van der Waals surface area contributed by atoms with E-state index in [-0.39, 0.29) is 12.7 Å². The molecule has 1 aromatic rings. The SMILES string of the molecule is [2H]c1c([2H])c([2H])c(C(=O)OCCCCCCCCC(C)O)c(C(=O)O)c1[2H]. The maximum absolute atomic E-state index is 12.2. The molecule has 128 valence electrons. The standard InChI is InChI=1S/C18H26O5/c1-14(19)10-6-4-2-3-5-9-13-23-18(22)16-12-8-7-11-15(16)17(20)21/h7-8,11-12,14,19H,2-6,9-10,13H2,1H3,(H,20,21)/i7D,8D,11D,12D. The van der Waals surface area contributed by atoms with Gasteiger partial charge in [-0.15, -0.1) is 0 Å². The molecule has 1 unspecified atom stereocenters. The zero-order valence-corrected chi connectivity index (χ0v) is 13.4. The third-order valence-corrected chi connectivity index (χ3v) is 3.35. The van der Waals surface area contributed by atoms with E-state index in [1.165, 1.54) is 0 Å². The second-order valence-corrected chi connectivity index (χ2v) is 5.45. The Morgan fingerprint density at radius 3 is 2.26 bits per heavy atom. The van der Waals surface area contributed by atoms with Crippen molar-refractivity contribution in [2.45, 2.75) is 58.0 Å². The van der Waals surface area contributed by atoms with Gasteiger partial charge < -0.3 is 14.9 Å². The van der Waals surface area contributed by atoms with E-state index < -0.39 is 47.2 Å². The highest BCUT2D eigenvalue weighted by Gasteiger charge is 2.16. The molecule has 23 heavy (non-hydrogen) atoms. The molecular weight excluding hydrogens is 296 g/mol. The Morgan fingerprint density at radius 1 is 1.09 bits per heavy atom. The predicted molar refractivity (Wildman–Crippen MR) is 87.7 cm³/mol. The fraction of sp³-hybridized carbons (Fsp3) is 0.556. The number of esters is 1. The Labute approximate surface area is 142 Å².